The Morgan fingerprint density at radius 3 is 2.46 bits per heavy atom. The number of carbonyl (C=O) groups excluding carboxylic acids is 1. The molecule has 2 unspecified atom stereocenters. The number of halogens is 2. The first-order valence-corrected chi connectivity index (χ1v) is 8.72. The molecule has 0 aliphatic rings. The van der Waals surface area contributed by atoms with Gasteiger partial charge in [-0.3, -0.25) is 9.59 Å². The number of carbonyl (C=O) groups is 2. The van der Waals surface area contributed by atoms with Gasteiger partial charge in [0.2, 0.25) is 5.91 Å². The highest BCUT2D eigenvalue weighted by Crippen LogP contribution is 2.21. The fourth-order valence-corrected chi connectivity index (χ4v) is 2.96. The van der Waals surface area contributed by atoms with Gasteiger partial charge in [-0.1, -0.05) is 42.8 Å². The third-order valence-corrected chi connectivity index (χ3v) is 4.25. The smallest absolute Gasteiger partial charge is 0.305 e. The first-order chi connectivity index (χ1) is 12.3. The third-order valence-electron chi connectivity index (χ3n) is 3.99. The van der Waals surface area contributed by atoms with Crippen molar-refractivity contribution in [3.8, 4) is 0 Å². The molecule has 2 atom stereocenters. The van der Waals surface area contributed by atoms with E-state index in [1.54, 1.807) is 30.3 Å². The lowest BCUT2D eigenvalue weighted by atomic mass is 9.97. The van der Waals surface area contributed by atoms with Gasteiger partial charge in [0.05, 0.1) is 12.5 Å². The molecule has 0 fully saturated rings. The van der Waals surface area contributed by atoms with Crippen LogP contribution in [-0.4, -0.2) is 17.0 Å². The molecule has 2 aromatic rings. The third kappa shape index (κ3) is 6.48. The molecular weight excluding hydrogens is 357 g/mol. The number of hydrogen-bond donors (Lipinski definition) is 2. The molecule has 0 heterocycles. The largest absolute Gasteiger partial charge is 0.481 e. The predicted octanol–water partition coefficient (Wildman–Crippen LogP) is 4.38. The summed E-state index contributed by atoms with van der Waals surface area (Å²) in [5.41, 5.74) is 1.51. The number of carboxylic acid groups (broad SMARTS) is 1. The monoisotopic (exact) mass is 377 g/mol. The van der Waals surface area contributed by atoms with Crippen molar-refractivity contribution in [2.24, 2.45) is 5.92 Å². The van der Waals surface area contributed by atoms with Crippen LogP contribution in [0.15, 0.2) is 48.5 Å². The zero-order chi connectivity index (χ0) is 19.1. The molecule has 2 N–H and O–H groups in total. The Morgan fingerprint density at radius 2 is 1.85 bits per heavy atom. The summed E-state index contributed by atoms with van der Waals surface area (Å²) in [5, 5.41) is 12.4. The second kappa shape index (κ2) is 9.34. The fraction of sp³-hybridized carbons (Fsp3) is 0.300. The van der Waals surface area contributed by atoms with Gasteiger partial charge in [-0.2, -0.15) is 0 Å². The molecule has 0 saturated carbocycles. The molecule has 0 spiro atoms. The zero-order valence-corrected chi connectivity index (χ0v) is 15.2. The number of nitrogens with one attached hydrogen (secondary N) is 1. The van der Waals surface area contributed by atoms with Crippen LogP contribution in [0.25, 0.3) is 0 Å². The summed E-state index contributed by atoms with van der Waals surface area (Å²) < 4.78 is 13.2. The molecule has 2 rings (SSSR count). The minimum atomic E-state index is -1.00. The van der Waals surface area contributed by atoms with E-state index in [0.29, 0.717) is 17.0 Å². The second-order valence-electron chi connectivity index (χ2n) is 6.41. The van der Waals surface area contributed by atoms with E-state index in [9.17, 15) is 14.0 Å². The molecule has 2 aromatic carbocycles. The van der Waals surface area contributed by atoms with Gasteiger partial charge in [-0.05, 0) is 47.7 Å². The van der Waals surface area contributed by atoms with E-state index in [-0.39, 0.29) is 30.5 Å². The average Bonchev–Trinajstić information content (AvgIpc) is 2.54. The Morgan fingerprint density at radius 1 is 1.15 bits per heavy atom. The number of carboxylic acids is 1. The summed E-state index contributed by atoms with van der Waals surface area (Å²) in [4.78, 5) is 23.5. The minimum absolute atomic E-state index is 0.00695. The van der Waals surface area contributed by atoms with Crippen molar-refractivity contribution < 1.29 is 19.1 Å². The van der Waals surface area contributed by atoms with Gasteiger partial charge in [0.15, 0.2) is 0 Å². The van der Waals surface area contributed by atoms with Gasteiger partial charge in [0.1, 0.15) is 5.82 Å². The van der Waals surface area contributed by atoms with Crippen molar-refractivity contribution >= 4 is 23.5 Å². The molecule has 0 aromatic heterocycles. The lowest BCUT2D eigenvalue weighted by molar-refractivity contribution is -0.137. The molecule has 6 heteroatoms. The van der Waals surface area contributed by atoms with Gasteiger partial charge in [-0.25, -0.2) is 4.39 Å². The highest BCUT2D eigenvalue weighted by Gasteiger charge is 2.19. The van der Waals surface area contributed by atoms with Gasteiger partial charge >= 0.3 is 5.97 Å². The van der Waals surface area contributed by atoms with Crippen LogP contribution in [0.1, 0.15) is 36.9 Å². The van der Waals surface area contributed by atoms with Crippen molar-refractivity contribution in [3.63, 3.8) is 0 Å². The molecule has 4 nitrogen and oxygen atoms in total. The lowest BCUT2D eigenvalue weighted by Crippen LogP contribution is -2.31. The first-order valence-electron chi connectivity index (χ1n) is 8.34. The SMILES string of the molecule is CC(CC(=O)NC(CC(=O)O)c1ccc(Cl)cc1)Cc1cccc(F)c1. The maximum atomic E-state index is 13.2. The van der Waals surface area contributed by atoms with Gasteiger partial charge < -0.3 is 10.4 Å². The van der Waals surface area contributed by atoms with E-state index in [4.69, 9.17) is 16.7 Å². The van der Waals surface area contributed by atoms with Crippen LogP contribution in [-0.2, 0) is 16.0 Å². The van der Waals surface area contributed by atoms with Crippen LogP contribution in [0, 0.1) is 11.7 Å². The summed E-state index contributed by atoms with van der Waals surface area (Å²) >= 11 is 5.85. The number of rotatable bonds is 8. The molecular formula is C20H21ClFNO3. The Balaban J connectivity index is 1.97. The maximum absolute atomic E-state index is 13.2. The van der Waals surface area contributed by atoms with Gasteiger partial charge in [0.25, 0.3) is 0 Å². The molecule has 26 heavy (non-hydrogen) atoms. The van der Waals surface area contributed by atoms with Crippen LogP contribution in [0.4, 0.5) is 4.39 Å². The zero-order valence-electron chi connectivity index (χ0n) is 14.4. The van der Waals surface area contributed by atoms with E-state index in [1.165, 1.54) is 12.1 Å². The van der Waals surface area contributed by atoms with Gasteiger partial charge in [0, 0.05) is 11.4 Å². The number of aliphatic carboxylic acids is 1. The van der Waals surface area contributed by atoms with Gasteiger partial charge in [-0.15, -0.1) is 0 Å². The molecule has 0 saturated heterocycles. The highest BCUT2D eigenvalue weighted by atomic mass is 35.5. The molecule has 0 bridgehead atoms. The van der Waals surface area contributed by atoms with Crippen LogP contribution >= 0.6 is 11.6 Å². The maximum Gasteiger partial charge on any atom is 0.305 e. The quantitative estimate of drug-likeness (QED) is 0.717. The van der Waals surface area contributed by atoms with Crippen molar-refractivity contribution in [1.82, 2.24) is 5.32 Å². The van der Waals surface area contributed by atoms with Crippen molar-refractivity contribution in [1.29, 1.82) is 0 Å². The Labute approximate surface area is 157 Å². The molecule has 0 aliphatic carbocycles. The van der Waals surface area contributed by atoms with Crippen LogP contribution < -0.4 is 5.32 Å². The fourth-order valence-electron chi connectivity index (χ4n) is 2.83. The minimum Gasteiger partial charge on any atom is -0.481 e. The van der Waals surface area contributed by atoms with E-state index < -0.39 is 12.0 Å². The molecule has 1 amide bonds. The summed E-state index contributed by atoms with van der Waals surface area (Å²) in [6.45, 7) is 1.90. The average molecular weight is 378 g/mol. The topological polar surface area (TPSA) is 66.4 Å². The van der Waals surface area contributed by atoms with Crippen molar-refractivity contribution in [2.75, 3.05) is 0 Å². The predicted molar refractivity (Wildman–Crippen MR) is 98.5 cm³/mol. The Bertz CT molecular complexity index is 764. The number of hydrogen-bond acceptors (Lipinski definition) is 2. The normalized spacial score (nSPS) is 13.0. The van der Waals surface area contributed by atoms with E-state index in [0.717, 1.165) is 5.56 Å². The Hall–Kier alpha value is -2.40. The highest BCUT2D eigenvalue weighted by molar-refractivity contribution is 6.30. The second-order valence-corrected chi connectivity index (χ2v) is 6.85. The Kier molecular flexibility index (Phi) is 7.16. The summed E-state index contributed by atoms with van der Waals surface area (Å²) in [7, 11) is 0. The summed E-state index contributed by atoms with van der Waals surface area (Å²) in [5.74, 6) is -1.55. The van der Waals surface area contributed by atoms with Crippen LogP contribution in [0.5, 0.6) is 0 Å². The van der Waals surface area contributed by atoms with Crippen LogP contribution in [0.2, 0.25) is 5.02 Å². The van der Waals surface area contributed by atoms with E-state index in [1.807, 2.05) is 13.0 Å². The molecule has 0 aliphatic heterocycles. The lowest BCUT2D eigenvalue weighted by Gasteiger charge is -2.19. The molecule has 0 radical (unpaired) electrons. The first kappa shape index (κ1) is 19.9. The van der Waals surface area contributed by atoms with Crippen LogP contribution in [0.3, 0.4) is 0 Å². The van der Waals surface area contributed by atoms with E-state index in [2.05, 4.69) is 5.32 Å². The summed E-state index contributed by atoms with van der Waals surface area (Å²) in [6.07, 6.45) is 0.571. The number of benzene rings is 2. The van der Waals surface area contributed by atoms with E-state index >= 15 is 0 Å². The molecule has 138 valence electrons. The van der Waals surface area contributed by atoms with Crippen molar-refractivity contribution in [3.05, 3.63) is 70.5 Å². The standard InChI is InChI=1S/C20H21ClFNO3/c1-13(9-14-3-2-4-17(22)11-14)10-19(24)23-18(12-20(25)26)15-5-7-16(21)8-6-15/h2-8,11,13,18H,9-10,12H2,1H3,(H,23,24)(H,25,26). The number of amides is 1. The van der Waals surface area contributed by atoms with Crippen molar-refractivity contribution in [2.45, 2.75) is 32.2 Å². The summed E-state index contributed by atoms with van der Waals surface area (Å²) in [6, 6.07) is 12.4.